The Morgan fingerprint density at radius 2 is 1.86 bits per heavy atom. The summed E-state index contributed by atoms with van der Waals surface area (Å²) in [5, 5.41) is 2.67. The van der Waals surface area contributed by atoms with Crippen LogP contribution in [-0.2, 0) is 20.2 Å². The molecule has 0 spiro atoms. The Hall–Kier alpha value is -0.630. The molecule has 2 unspecified atom stereocenters. The van der Waals surface area contributed by atoms with E-state index in [0.717, 1.165) is 4.47 Å². The van der Waals surface area contributed by atoms with E-state index in [0.29, 0.717) is 5.56 Å². The first-order valence-corrected chi connectivity index (χ1v) is 9.26. The van der Waals surface area contributed by atoms with Crippen LogP contribution in [0, 0.1) is 0 Å². The molecule has 0 saturated carbocycles. The Morgan fingerprint density at radius 3 is 2.32 bits per heavy atom. The Kier molecular flexibility index (Phi) is 8.05. The third kappa shape index (κ3) is 5.87. The predicted octanol–water partition coefficient (Wildman–Crippen LogP) is 1.98. The molecule has 0 bridgehead atoms. The number of carbonyl (C=O) groups excluding carboxylic acids is 1. The second-order valence-corrected chi connectivity index (χ2v) is 8.60. The number of rotatable bonds is 6. The van der Waals surface area contributed by atoms with Crippen molar-refractivity contribution in [1.29, 1.82) is 0 Å². The summed E-state index contributed by atoms with van der Waals surface area (Å²) < 4.78 is 24.0. The first-order chi connectivity index (χ1) is 9.58. The fraction of sp³-hybridized carbons (Fsp3) is 0.500. The highest BCUT2D eigenvalue weighted by Crippen LogP contribution is 2.20. The van der Waals surface area contributed by atoms with Crippen LogP contribution < -0.4 is 11.1 Å². The summed E-state index contributed by atoms with van der Waals surface area (Å²) in [6, 6.07) is 6.65. The molecule has 0 heterocycles. The van der Waals surface area contributed by atoms with Crippen molar-refractivity contribution in [3.63, 3.8) is 0 Å². The van der Waals surface area contributed by atoms with Crippen molar-refractivity contribution < 1.29 is 13.2 Å². The van der Waals surface area contributed by atoms with Gasteiger partial charge in [-0.1, -0.05) is 35.0 Å². The Labute approximate surface area is 146 Å². The third-order valence-corrected chi connectivity index (χ3v) is 5.65. The topological polar surface area (TPSA) is 89.3 Å². The zero-order valence-corrected chi connectivity index (χ0v) is 16.0. The van der Waals surface area contributed by atoms with Crippen molar-refractivity contribution >= 4 is 44.1 Å². The molecule has 8 heteroatoms. The fourth-order valence-corrected chi connectivity index (χ4v) is 3.19. The molecular weight excluding hydrogens is 392 g/mol. The van der Waals surface area contributed by atoms with Crippen molar-refractivity contribution in [2.45, 2.75) is 32.4 Å². The Bertz CT molecular complexity index is 603. The number of amides is 1. The SMILES string of the molecule is CCS(=O)(=O)CC(C)NC(=O)C(C)(N)c1ccc(Br)cc1.Cl. The van der Waals surface area contributed by atoms with Crippen LogP contribution >= 0.6 is 28.3 Å². The van der Waals surface area contributed by atoms with Crippen LogP contribution in [0.2, 0.25) is 0 Å². The van der Waals surface area contributed by atoms with E-state index in [9.17, 15) is 13.2 Å². The molecule has 0 saturated heterocycles. The van der Waals surface area contributed by atoms with Gasteiger partial charge in [-0.25, -0.2) is 8.42 Å². The molecule has 22 heavy (non-hydrogen) atoms. The number of nitrogens with one attached hydrogen (secondary N) is 1. The summed E-state index contributed by atoms with van der Waals surface area (Å²) in [4.78, 5) is 12.3. The van der Waals surface area contributed by atoms with Gasteiger partial charge in [-0.05, 0) is 31.5 Å². The molecular formula is C14H22BrClN2O3S. The van der Waals surface area contributed by atoms with Gasteiger partial charge in [0, 0.05) is 16.3 Å². The van der Waals surface area contributed by atoms with Crippen LogP contribution in [0.15, 0.2) is 28.7 Å². The quantitative estimate of drug-likeness (QED) is 0.746. The largest absolute Gasteiger partial charge is 0.351 e. The molecule has 0 radical (unpaired) electrons. The van der Waals surface area contributed by atoms with Gasteiger partial charge in [-0.2, -0.15) is 0 Å². The smallest absolute Gasteiger partial charge is 0.244 e. The van der Waals surface area contributed by atoms with E-state index in [1.165, 1.54) is 0 Å². The highest BCUT2D eigenvalue weighted by atomic mass is 79.9. The van der Waals surface area contributed by atoms with Crippen LogP contribution in [0.25, 0.3) is 0 Å². The van der Waals surface area contributed by atoms with Crippen LogP contribution in [0.4, 0.5) is 0 Å². The van der Waals surface area contributed by atoms with Gasteiger partial charge < -0.3 is 11.1 Å². The molecule has 2 atom stereocenters. The summed E-state index contributed by atoms with van der Waals surface area (Å²) in [5.41, 5.74) is 5.54. The van der Waals surface area contributed by atoms with Crippen LogP contribution in [0.3, 0.4) is 0 Å². The van der Waals surface area contributed by atoms with Gasteiger partial charge in [0.15, 0.2) is 9.84 Å². The van der Waals surface area contributed by atoms with E-state index in [1.54, 1.807) is 45.0 Å². The number of hydrogen-bond acceptors (Lipinski definition) is 4. The zero-order valence-electron chi connectivity index (χ0n) is 12.8. The zero-order chi connectivity index (χ0) is 16.3. The van der Waals surface area contributed by atoms with Crippen LogP contribution in [0.1, 0.15) is 26.3 Å². The highest BCUT2D eigenvalue weighted by molar-refractivity contribution is 9.10. The second-order valence-electron chi connectivity index (χ2n) is 5.28. The fourth-order valence-electron chi connectivity index (χ4n) is 1.84. The number of nitrogens with two attached hydrogens (primary N) is 1. The molecule has 0 aromatic heterocycles. The number of halogens is 2. The average molecular weight is 414 g/mol. The van der Waals surface area contributed by atoms with E-state index < -0.39 is 27.3 Å². The molecule has 1 rings (SSSR count). The van der Waals surface area contributed by atoms with Gasteiger partial charge in [-0.3, -0.25) is 4.79 Å². The predicted molar refractivity (Wildman–Crippen MR) is 94.9 cm³/mol. The maximum Gasteiger partial charge on any atom is 0.244 e. The molecule has 1 aromatic rings. The summed E-state index contributed by atoms with van der Waals surface area (Å²) in [6.45, 7) is 4.84. The van der Waals surface area contributed by atoms with E-state index in [4.69, 9.17) is 5.73 Å². The summed E-state index contributed by atoms with van der Waals surface area (Å²) in [5.74, 6) is -0.436. The van der Waals surface area contributed by atoms with Gasteiger partial charge >= 0.3 is 0 Å². The first-order valence-electron chi connectivity index (χ1n) is 6.65. The van der Waals surface area contributed by atoms with E-state index in [2.05, 4.69) is 21.2 Å². The van der Waals surface area contributed by atoms with Gasteiger partial charge in [-0.15, -0.1) is 12.4 Å². The monoisotopic (exact) mass is 412 g/mol. The lowest BCUT2D eigenvalue weighted by molar-refractivity contribution is -0.126. The minimum atomic E-state index is -3.14. The van der Waals surface area contributed by atoms with Gasteiger partial charge in [0.1, 0.15) is 5.54 Å². The number of benzene rings is 1. The molecule has 1 aromatic carbocycles. The minimum Gasteiger partial charge on any atom is -0.351 e. The first kappa shape index (κ1) is 21.4. The lowest BCUT2D eigenvalue weighted by atomic mass is 9.92. The van der Waals surface area contributed by atoms with Crippen molar-refractivity contribution in [3.05, 3.63) is 34.3 Å². The van der Waals surface area contributed by atoms with Gasteiger partial charge in [0.05, 0.1) is 5.75 Å². The van der Waals surface area contributed by atoms with Crippen molar-refractivity contribution in [3.8, 4) is 0 Å². The van der Waals surface area contributed by atoms with Crippen molar-refractivity contribution in [2.24, 2.45) is 5.73 Å². The number of carbonyl (C=O) groups is 1. The van der Waals surface area contributed by atoms with Crippen molar-refractivity contribution in [2.75, 3.05) is 11.5 Å². The Balaban J connectivity index is 0.00000441. The molecule has 5 nitrogen and oxygen atoms in total. The number of sulfone groups is 1. The molecule has 3 N–H and O–H groups in total. The summed E-state index contributed by atoms with van der Waals surface area (Å²) in [6.07, 6.45) is 0. The van der Waals surface area contributed by atoms with E-state index >= 15 is 0 Å². The molecule has 0 aliphatic rings. The summed E-state index contributed by atoms with van der Waals surface area (Å²) >= 11 is 3.32. The maximum absolute atomic E-state index is 12.3. The third-order valence-electron chi connectivity index (χ3n) is 3.24. The molecule has 0 fully saturated rings. The lowest BCUT2D eigenvalue weighted by Gasteiger charge is -2.26. The van der Waals surface area contributed by atoms with Crippen LogP contribution in [-0.4, -0.2) is 31.9 Å². The highest BCUT2D eigenvalue weighted by Gasteiger charge is 2.31. The van der Waals surface area contributed by atoms with E-state index in [-0.39, 0.29) is 23.9 Å². The molecule has 126 valence electrons. The lowest BCUT2D eigenvalue weighted by Crippen LogP contribution is -2.52. The average Bonchev–Trinajstić information content (AvgIpc) is 2.38. The maximum atomic E-state index is 12.3. The Morgan fingerprint density at radius 1 is 1.36 bits per heavy atom. The van der Waals surface area contributed by atoms with Crippen molar-refractivity contribution in [1.82, 2.24) is 5.32 Å². The summed E-state index contributed by atoms with van der Waals surface area (Å²) in [7, 11) is -3.14. The molecule has 0 aliphatic heterocycles. The molecule has 0 aliphatic carbocycles. The minimum absolute atomic E-state index is 0. The second kappa shape index (κ2) is 8.29. The number of hydrogen-bond donors (Lipinski definition) is 2. The standard InChI is InChI=1S/C14H21BrN2O3S.ClH/c1-4-21(19,20)9-10(2)17-13(18)14(3,16)11-5-7-12(15)8-6-11;/h5-8,10H,4,9,16H2,1-3H3,(H,17,18);1H. The van der Waals surface area contributed by atoms with Gasteiger partial charge in [0.2, 0.25) is 5.91 Å². The normalized spacial score (nSPS) is 15.3. The van der Waals surface area contributed by atoms with E-state index in [1.807, 2.05) is 0 Å². The molecule has 1 amide bonds. The van der Waals surface area contributed by atoms with Gasteiger partial charge in [0.25, 0.3) is 0 Å². The van der Waals surface area contributed by atoms with Crippen LogP contribution in [0.5, 0.6) is 0 Å².